The van der Waals surface area contributed by atoms with Crippen LogP contribution in [-0.4, -0.2) is 24.8 Å². The predicted octanol–water partition coefficient (Wildman–Crippen LogP) is 3.39. The normalized spacial score (nSPS) is 11.5. The molecule has 1 aromatic heterocycles. The van der Waals surface area contributed by atoms with Crippen molar-refractivity contribution in [2.45, 2.75) is 6.18 Å². The number of hydrogen-bond donors (Lipinski definition) is 1. The maximum Gasteiger partial charge on any atom is 0.416 e. The lowest BCUT2D eigenvalue weighted by Crippen LogP contribution is -2.28. The largest absolute Gasteiger partial charge is 0.497 e. The third kappa shape index (κ3) is 3.15. The van der Waals surface area contributed by atoms with Gasteiger partial charge in [0.15, 0.2) is 0 Å². The van der Waals surface area contributed by atoms with Crippen LogP contribution in [0, 0.1) is 0 Å². The van der Waals surface area contributed by atoms with E-state index >= 15 is 0 Å². The van der Waals surface area contributed by atoms with Crippen molar-refractivity contribution in [2.24, 2.45) is 0 Å². The number of carbonyl (C=O) groups excluding carboxylic acids is 1. The molecule has 0 amide bonds. The standard InChI is InChI=1S/C19H15F3N2O4/c1-27-12-5-3-4-11(9-12)24-14-8-10(19(20,21)22)6-7-13(14)16(23)15(17(24)25)18(26)28-2/h3-9H,23H2,1-2H3. The first kappa shape index (κ1) is 19.3. The van der Waals surface area contributed by atoms with Gasteiger partial charge in [0, 0.05) is 11.5 Å². The zero-order chi connectivity index (χ0) is 20.6. The molecule has 0 aliphatic heterocycles. The Bertz CT molecular complexity index is 1140. The van der Waals surface area contributed by atoms with Crippen LogP contribution in [-0.2, 0) is 10.9 Å². The summed E-state index contributed by atoms with van der Waals surface area (Å²) >= 11 is 0. The van der Waals surface area contributed by atoms with Crippen LogP contribution in [0.1, 0.15) is 15.9 Å². The van der Waals surface area contributed by atoms with Crippen molar-refractivity contribution in [1.29, 1.82) is 0 Å². The van der Waals surface area contributed by atoms with Gasteiger partial charge in [-0.1, -0.05) is 12.1 Å². The van der Waals surface area contributed by atoms with E-state index in [-0.39, 0.29) is 22.3 Å². The molecule has 9 heteroatoms. The Kier molecular flexibility index (Phi) is 4.76. The summed E-state index contributed by atoms with van der Waals surface area (Å²) in [6.45, 7) is 0. The van der Waals surface area contributed by atoms with Crippen LogP contribution >= 0.6 is 0 Å². The average Bonchev–Trinajstić information content (AvgIpc) is 2.67. The quantitative estimate of drug-likeness (QED) is 0.691. The molecule has 0 aliphatic carbocycles. The number of alkyl halides is 3. The molecule has 1 heterocycles. The summed E-state index contributed by atoms with van der Waals surface area (Å²) in [5.41, 5.74) is 3.48. The van der Waals surface area contributed by atoms with Gasteiger partial charge >= 0.3 is 12.1 Å². The summed E-state index contributed by atoms with van der Waals surface area (Å²) in [6.07, 6.45) is -4.63. The van der Waals surface area contributed by atoms with E-state index in [9.17, 15) is 22.8 Å². The fraction of sp³-hybridized carbons (Fsp3) is 0.158. The predicted molar refractivity (Wildman–Crippen MR) is 96.9 cm³/mol. The van der Waals surface area contributed by atoms with Gasteiger partial charge in [0.25, 0.3) is 5.56 Å². The van der Waals surface area contributed by atoms with Gasteiger partial charge in [0.1, 0.15) is 11.3 Å². The molecule has 146 valence electrons. The van der Waals surface area contributed by atoms with Crippen molar-refractivity contribution in [3.63, 3.8) is 0 Å². The van der Waals surface area contributed by atoms with E-state index in [4.69, 9.17) is 10.5 Å². The maximum atomic E-state index is 13.2. The Morgan fingerprint density at radius 2 is 1.82 bits per heavy atom. The molecule has 2 N–H and O–H groups in total. The molecule has 28 heavy (non-hydrogen) atoms. The van der Waals surface area contributed by atoms with E-state index < -0.39 is 28.8 Å². The minimum absolute atomic E-state index is 0.0989. The van der Waals surface area contributed by atoms with Gasteiger partial charge in [-0.3, -0.25) is 9.36 Å². The highest BCUT2D eigenvalue weighted by Gasteiger charge is 2.32. The number of rotatable bonds is 3. The number of benzene rings is 2. The number of nitrogens with two attached hydrogens (primary N) is 1. The number of methoxy groups -OCH3 is 2. The summed E-state index contributed by atoms with van der Waals surface area (Å²) in [4.78, 5) is 25.1. The van der Waals surface area contributed by atoms with Gasteiger partial charge < -0.3 is 15.2 Å². The van der Waals surface area contributed by atoms with Crippen LogP contribution in [0.2, 0.25) is 0 Å². The number of halogens is 3. The van der Waals surface area contributed by atoms with Crippen molar-refractivity contribution in [3.8, 4) is 11.4 Å². The second kappa shape index (κ2) is 6.91. The SMILES string of the molecule is COC(=O)c1c(N)c2ccc(C(F)(F)F)cc2n(-c2cccc(OC)c2)c1=O. The number of aromatic nitrogens is 1. The first-order valence-corrected chi connectivity index (χ1v) is 7.97. The highest BCUT2D eigenvalue weighted by molar-refractivity contribution is 6.04. The average molecular weight is 392 g/mol. The lowest BCUT2D eigenvalue weighted by atomic mass is 10.1. The first-order chi connectivity index (χ1) is 13.2. The maximum absolute atomic E-state index is 13.2. The summed E-state index contributed by atoms with van der Waals surface area (Å²) in [6, 6.07) is 8.90. The highest BCUT2D eigenvalue weighted by Crippen LogP contribution is 2.34. The van der Waals surface area contributed by atoms with Crippen molar-refractivity contribution >= 4 is 22.6 Å². The third-order valence-electron chi connectivity index (χ3n) is 4.24. The number of carbonyl (C=O) groups is 1. The number of nitrogen functional groups attached to an aromatic ring is 1. The van der Waals surface area contributed by atoms with Gasteiger partial charge in [-0.15, -0.1) is 0 Å². The molecule has 0 fully saturated rings. The second-order valence-electron chi connectivity index (χ2n) is 5.85. The van der Waals surface area contributed by atoms with Crippen molar-refractivity contribution in [1.82, 2.24) is 4.57 Å². The topological polar surface area (TPSA) is 83.6 Å². The Labute approximate surface area is 156 Å². The Morgan fingerprint density at radius 1 is 1.11 bits per heavy atom. The molecule has 6 nitrogen and oxygen atoms in total. The summed E-state index contributed by atoms with van der Waals surface area (Å²) in [7, 11) is 2.48. The molecule has 2 aromatic carbocycles. The van der Waals surface area contributed by atoms with E-state index in [1.165, 1.54) is 19.2 Å². The van der Waals surface area contributed by atoms with Gasteiger partial charge in [0.2, 0.25) is 0 Å². The first-order valence-electron chi connectivity index (χ1n) is 7.97. The van der Waals surface area contributed by atoms with Gasteiger partial charge in [-0.25, -0.2) is 4.79 Å². The van der Waals surface area contributed by atoms with Crippen LogP contribution in [0.3, 0.4) is 0 Å². The molecule has 0 unspecified atom stereocenters. The lowest BCUT2D eigenvalue weighted by molar-refractivity contribution is -0.137. The molecule has 3 aromatic rings. The van der Waals surface area contributed by atoms with Crippen molar-refractivity contribution in [2.75, 3.05) is 20.0 Å². The molecule has 0 saturated heterocycles. The number of anilines is 1. The Balaban J connectivity index is 2.50. The van der Waals surface area contributed by atoms with Crippen LogP contribution in [0.5, 0.6) is 5.75 Å². The number of esters is 1. The van der Waals surface area contributed by atoms with Crippen LogP contribution in [0.15, 0.2) is 47.3 Å². The monoisotopic (exact) mass is 392 g/mol. The molecular formula is C19H15F3N2O4. The Morgan fingerprint density at radius 3 is 2.43 bits per heavy atom. The van der Waals surface area contributed by atoms with Gasteiger partial charge in [0.05, 0.1) is 36.7 Å². The molecule has 0 bridgehead atoms. The minimum Gasteiger partial charge on any atom is -0.497 e. The van der Waals surface area contributed by atoms with Crippen molar-refractivity contribution in [3.05, 3.63) is 63.9 Å². The molecule has 0 saturated carbocycles. The lowest BCUT2D eigenvalue weighted by Gasteiger charge is -2.17. The molecule has 0 spiro atoms. The number of fused-ring (bicyclic) bond motifs is 1. The third-order valence-corrected chi connectivity index (χ3v) is 4.24. The van der Waals surface area contributed by atoms with E-state index in [0.29, 0.717) is 5.75 Å². The number of ether oxygens (including phenoxy) is 2. The minimum atomic E-state index is -4.63. The van der Waals surface area contributed by atoms with E-state index in [0.717, 1.165) is 29.9 Å². The summed E-state index contributed by atoms with van der Waals surface area (Å²) < 4.78 is 50.4. The van der Waals surface area contributed by atoms with Crippen LogP contribution < -0.4 is 16.0 Å². The fourth-order valence-electron chi connectivity index (χ4n) is 2.90. The number of nitrogens with zero attached hydrogens (tertiary/aromatic N) is 1. The zero-order valence-corrected chi connectivity index (χ0v) is 14.8. The molecule has 3 rings (SSSR count). The summed E-state index contributed by atoms with van der Waals surface area (Å²) in [5, 5.41) is 0.107. The molecule has 0 atom stereocenters. The number of pyridine rings is 1. The number of hydrogen-bond acceptors (Lipinski definition) is 5. The van der Waals surface area contributed by atoms with Gasteiger partial charge in [-0.2, -0.15) is 13.2 Å². The summed E-state index contributed by atoms with van der Waals surface area (Å²) in [5.74, 6) is -0.609. The molecular weight excluding hydrogens is 377 g/mol. The Hall–Kier alpha value is -3.49. The smallest absolute Gasteiger partial charge is 0.416 e. The van der Waals surface area contributed by atoms with Crippen LogP contribution in [0.25, 0.3) is 16.6 Å². The second-order valence-corrected chi connectivity index (χ2v) is 5.85. The van der Waals surface area contributed by atoms with E-state index in [1.54, 1.807) is 12.1 Å². The fourth-order valence-corrected chi connectivity index (χ4v) is 2.90. The molecule has 0 radical (unpaired) electrons. The van der Waals surface area contributed by atoms with Crippen LogP contribution in [0.4, 0.5) is 18.9 Å². The van der Waals surface area contributed by atoms with Gasteiger partial charge in [-0.05, 0) is 24.3 Å². The van der Waals surface area contributed by atoms with Crippen molar-refractivity contribution < 1.29 is 27.4 Å². The van der Waals surface area contributed by atoms with E-state index in [1.807, 2.05) is 0 Å². The molecule has 0 aliphatic rings. The van der Waals surface area contributed by atoms with E-state index in [2.05, 4.69) is 4.74 Å². The zero-order valence-electron chi connectivity index (χ0n) is 14.8. The highest BCUT2D eigenvalue weighted by atomic mass is 19.4.